The molecule has 1 unspecified atom stereocenters. The van der Waals surface area contributed by atoms with E-state index in [9.17, 15) is 4.79 Å². The topological polar surface area (TPSA) is 35.5 Å². The Bertz CT molecular complexity index is 231. The van der Waals surface area contributed by atoms with Crippen LogP contribution in [0.15, 0.2) is 0 Å². The van der Waals surface area contributed by atoms with Crippen LogP contribution >= 0.6 is 0 Å². The molecule has 1 spiro atoms. The van der Waals surface area contributed by atoms with Crippen molar-refractivity contribution in [3.8, 4) is 0 Å². The third-order valence-corrected chi connectivity index (χ3v) is 3.57. The van der Waals surface area contributed by atoms with Crippen molar-refractivity contribution in [2.45, 2.75) is 51.2 Å². The van der Waals surface area contributed by atoms with Gasteiger partial charge >= 0.3 is 0 Å². The Kier molecular flexibility index (Phi) is 3.42. The van der Waals surface area contributed by atoms with Crippen LogP contribution in [0, 0.1) is 5.92 Å². The molecule has 1 aliphatic carbocycles. The molecule has 0 N–H and O–H groups in total. The average molecular weight is 212 g/mol. The predicted octanol–water partition coefficient (Wildman–Crippen LogP) is 2.29. The lowest BCUT2D eigenvalue weighted by atomic mass is 9.80. The lowest BCUT2D eigenvalue weighted by molar-refractivity contribution is -0.213. The number of ether oxygens (including phenoxy) is 2. The summed E-state index contributed by atoms with van der Waals surface area (Å²) < 4.78 is 11.6. The van der Waals surface area contributed by atoms with E-state index in [1.54, 1.807) is 6.92 Å². The van der Waals surface area contributed by atoms with Crippen molar-refractivity contribution >= 4 is 5.78 Å². The number of hydrogen-bond donors (Lipinski definition) is 0. The first-order valence-electron chi connectivity index (χ1n) is 6.00. The molecule has 0 amide bonds. The normalized spacial score (nSPS) is 29.5. The summed E-state index contributed by atoms with van der Waals surface area (Å²) in [7, 11) is 0. The molecule has 0 aromatic heterocycles. The van der Waals surface area contributed by atoms with Gasteiger partial charge in [0, 0.05) is 18.8 Å². The molecule has 15 heavy (non-hydrogen) atoms. The Hall–Kier alpha value is -0.410. The fourth-order valence-electron chi connectivity index (χ4n) is 2.78. The highest BCUT2D eigenvalue weighted by Crippen LogP contribution is 2.42. The Balaban J connectivity index is 1.96. The van der Waals surface area contributed by atoms with E-state index in [4.69, 9.17) is 9.47 Å². The molecule has 1 heterocycles. The van der Waals surface area contributed by atoms with Crippen molar-refractivity contribution < 1.29 is 14.3 Å². The van der Waals surface area contributed by atoms with Crippen molar-refractivity contribution in [3.63, 3.8) is 0 Å². The van der Waals surface area contributed by atoms with Gasteiger partial charge in [-0.05, 0) is 26.2 Å². The molecule has 0 aromatic carbocycles. The van der Waals surface area contributed by atoms with Crippen LogP contribution in [-0.4, -0.2) is 24.8 Å². The maximum absolute atomic E-state index is 11.0. The Labute approximate surface area is 91.1 Å². The summed E-state index contributed by atoms with van der Waals surface area (Å²) >= 11 is 0. The second-order valence-electron chi connectivity index (χ2n) is 4.69. The van der Waals surface area contributed by atoms with E-state index in [-0.39, 0.29) is 11.6 Å². The molecule has 2 rings (SSSR count). The Morgan fingerprint density at radius 3 is 2.73 bits per heavy atom. The van der Waals surface area contributed by atoms with Gasteiger partial charge in [0.25, 0.3) is 0 Å². The number of carbonyl (C=O) groups is 1. The van der Waals surface area contributed by atoms with Gasteiger partial charge in [0.05, 0.1) is 13.2 Å². The van der Waals surface area contributed by atoms with Gasteiger partial charge in [-0.25, -0.2) is 0 Å². The van der Waals surface area contributed by atoms with E-state index < -0.39 is 0 Å². The van der Waals surface area contributed by atoms with Crippen molar-refractivity contribution in [2.75, 3.05) is 13.2 Å². The zero-order valence-corrected chi connectivity index (χ0v) is 9.46. The first kappa shape index (κ1) is 11.1. The fourth-order valence-corrected chi connectivity index (χ4v) is 2.78. The molecule has 0 aromatic rings. The molecule has 0 bridgehead atoms. The van der Waals surface area contributed by atoms with Crippen LogP contribution in [0.3, 0.4) is 0 Å². The number of ketones is 1. The highest BCUT2D eigenvalue weighted by atomic mass is 16.7. The fraction of sp³-hybridized carbons (Fsp3) is 0.917. The minimum absolute atomic E-state index is 0.272. The van der Waals surface area contributed by atoms with E-state index in [2.05, 4.69) is 0 Å². The van der Waals surface area contributed by atoms with Gasteiger partial charge in [-0.15, -0.1) is 0 Å². The van der Waals surface area contributed by atoms with Crippen LogP contribution in [-0.2, 0) is 14.3 Å². The predicted molar refractivity (Wildman–Crippen MR) is 56.5 cm³/mol. The van der Waals surface area contributed by atoms with Gasteiger partial charge in [0.2, 0.25) is 0 Å². The molecule has 1 saturated carbocycles. The summed E-state index contributed by atoms with van der Waals surface area (Å²) in [4.78, 5) is 11.0. The van der Waals surface area contributed by atoms with E-state index in [0.717, 1.165) is 32.5 Å². The Morgan fingerprint density at radius 2 is 2.07 bits per heavy atom. The molecule has 86 valence electrons. The molecule has 3 nitrogen and oxygen atoms in total. The van der Waals surface area contributed by atoms with Gasteiger partial charge < -0.3 is 14.3 Å². The van der Waals surface area contributed by atoms with E-state index in [1.807, 2.05) is 0 Å². The van der Waals surface area contributed by atoms with Crippen LogP contribution in [0.5, 0.6) is 0 Å². The van der Waals surface area contributed by atoms with Gasteiger partial charge in [-0.3, -0.25) is 0 Å². The van der Waals surface area contributed by atoms with Crippen molar-refractivity contribution in [2.24, 2.45) is 5.92 Å². The van der Waals surface area contributed by atoms with E-state index in [0.29, 0.717) is 12.3 Å². The highest BCUT2D eigenvalue weighted by Gasteiger charge is 2.45. The molecule has 2 fully saturated rings. The molecule has 3 heteroatoms. The van der Waals surface area contributed by atoms with Crippen molar-refractivity contribution in [1.29, 1.82) is 0 Å². The zero-order valence-electron chi connectivity index (χ0n) is 9.46. The minimum atomic E-state index is -0.326. The highest BCUT2D eigenvalue weighted by molar-refractivity contribution is 5.75. The first-order valence-corrected chi connectivity index (χ1v) is 6.00. The standard InChI is InChI=1S/C12H20O3/c1-10(13)5-6-11-4-2-3-7-12(11)14-8-9-15-12/h11H,2-9H2,1H3. The molecule has 2 aliphatic rings. The third kappa shape index (κ3) is 2.40. The number of rotatable bonds is 3. The van der Waals surface area contributed by atoms with Gasteiger partial charge in [0.15, 0.2) is 5.79 Å². The lowest BCUT2D eigenvalue weighted by Crippen LogP contribution is -2.42. The maximum Gasteiger partial charge on any atom is 0.171 e. The second kappa shape index (κ2) is 4.62. The average Bonchev–Trinajstić information content (AvgIpc) is 2.66. The summed E-state index contributed by atoms with van der Waals surface area (Å²) in [6, 6.07) is 0. The summed E-state index contributed by atoms with van der Waals surface area (Å²) in [5.41, 5.74) is 0. The number of Topliss-reactive ketones (excluding diaryl/α,β-unsaturated/α-hetero) is 1. The minimum Gasteiger partial charge on any atom is -0.347 e. The lowest BCUT2D eigenvalue weighted by Gasteiger charge is -2.39. The third-order valence-electron chi connectivity index (χ3n) is 3.57. The summed E-state index contributed by atoms with van der Waals surface area (Å²) in [6.45, 7) is 3.10. The molecule has 1 saturated heterocycles. The van der Waals surface area contributed by atoms with Crippen LogP contribution in [0.1, 0.15) is 45.4 Å². The van der Waals surface area contributed by atoms with Crippen LogP contribution in [0.4, 0.5) is 0 Å². The van der Waals surface area contributed by atoms with Gasteiger partial charge in [-0.1, -0.05) is 6.42 Å². The second-order valence-corrected chi connectivity index (χ2v) is 4.69. The Morgan fingerprint density at radius 1 is 1.33 bits per heavy atom. The van der Waals surface area contributed by atoms with Crippen LogP contribution in [0.2, 0.25) is 0 Å². The van der Waals surface area contributed by atoms with E-state index in [1.165, 1.54) is 12.8 Å². The summed E-state index contributed by atoms with van der Waals surface area (Å²) in [6.07, 6.45) is 6.19. The summed E-state index contributed by atoms with van der Waals surface area (Å²) in [5.74, 6) is 0.375. The van der Waals surface area contributed by atoms with Crippen molar-refractivity contribution in [3.05, 3.63) is 0 Å². The van der Waals surface area contributed by atoms with Crippen LogP contribution in [0.25, 0.3) is 0 Å². The maximum atomic E-state index is 11.0. The SMILES string of the molecule is CC(=O)CCC1CCCCC12OCCO2. The monoisotopic (exact) mass is 212 g/mol. The molecule has 1 aliphatic heterocycles. The largest absolute Gasteiger partial charge is 0.347 e. The quantitative estimate of drug-likeness (QED) is 0.720. The molecular formula is C12H20O3. The molecule has 1 atom stereocenters. The zero-order chi connectivity index (χ0) is 10.7. The van der Waals surface area contributed by atoms with E-state index >= 15 is 0 Å². The molecule has 0 radical (unpaired) electrons. The van der Waals surface area contributed by atoms with Gasteiger partial charge in [-0.2, -0.15) is 0 Å². The number of hydrogen-bond acceptors (Lipinski definition) is 3. The number of carbonyl (C=O) groups excluding carboxylic acids is 1. The van der Waals surface area contributed by atoms with Crippen molar-refractivity contribution in [1.82, 2.24) is 0 Å². The van der Waals surface area contributed by atoms with Crippen LogP contribution < -0.4 is 0 Å². The first-order chi connectivity index (χ1) is 7.23. The molecular weight excluding hydrogens is 192 g/mol. The smallest absolute Gasteiger partial charge is 0.171 e. The summed E-state index contributed by atoms with van der Waals surface area (Å²) in [5, 5.41) is 0. The van der Waals surface area contributed by atoms with Gasteiger partial charge in [0.1, 0.15) is 5.78 Å².